The lowest BCUT2D eigenvalue weighted by Gasteiger charge is -2.42. The number of esters is 1. The van der Waals surface area contributed by atoms with E-state index >= 15 is 0 Å². The molecule has 36 heavy (non-hydrogen) atoms. The van der Waals surface area contributed by atoms with Crippen molar-refractivity contribution in [3.63, 3.8) is 0 Å². The first-order valence-electron chi connectivity index (χ1n) is 12.2. The van der Waals surface area contributed by atoms with Gasteiger partial charge in [-0.25, -0.2) is 4.79 Å². The highest BCUT2D eigenvalue weighted by molar-refractivity contribution is 9.10. The van der Waals surface area contributed by atoms with Gasteiger partial charge in [0.2, 0.25) is 0 Å². The van der Waals surface area contributed by atoms with Crippen LogP contribution in [0.15, 0.2) is 75.7 Å². The third-order valence-electron chi connectivity index (χ3n) is 7.10. The second-order valence-corrected chi connectivity index (χ2v) is 12.4. The third-order valence-corrected chi connectivity index (χ3v) is 7.79. The molecule has 0 aromatic heterocycles. The number of benzene rings is 2. The van der Waals surface area contributed by atoms with Crippen molar-refractivity contribution >= 4 is 33.5 Å². The molecule has 5 rings (SSSR count). The smallest absolute Gasteiger partial charge is 0.344 e. The summed E-state index contributed by atoms with van der Waals surface area (Å²) in [6.45, 7) is 8.28. The minimum absolute atomic E-state index is 0.0277. The van der Waals surface area contributed by atoms with Crippen molar-refractivity contribution < 1.29 is 23.9 Å². The van der Waals surface area contributed by atoms with Gasteiger partial charge in [0.15, 0.2) is 11.6 Å². The van der Waals surface area contributed by atoms with Gasteiger partial charge >= 0.3 is 5.97 Å². The van der Waals surface area contributed by atoms with Crippen LogP contribution in [0.2, 0.25) is 0 Å². The van der Waals surface area contributed by atoms with Crippen LogP contribution in [0.25, 0.3) is 0 Å². The van der Waals surface area contributed by atoms with Crippen LogP contribution in [0.3, 0.4) is 0 Å². The maximum Gasteiger partial charge on any atom is 0.344 e. The monoisotopic (exact) mass is 548 g/mol. The first-order chi connectivity index (χ1) is 16.9. The molecule has 6 heteroatoms. The fraction of sp³-hybridized carbons (Fsp3) is 0.367. The van der Waals surface area contributed by atoms with Crippen molar-refractivity contribution in [3.05, 3.63) is 86.8 Å². The van der Waals surface area contributed by atoms with Crippen LogP contribution in [0.4, 0.5) is 0 Å². The second kappa shape index (κ2) is 8.84. The lowest BCUT2D eigenvalue weighted by atomic mass is 9.65. The van der Waals surface area contributed by atoms with Gasteiger partial charge in [-0.1, -0.05) is 52.0 Å². The summed E-state index contributed by atoms with van der Waals surface area (Å²) in [5.41, 5.74) is 2.05. The van der Waals surface area contributed by atoms with Crippen molar-refractivity contribution in [1.29, 1.82) is 0 Å². The van der Waals surface area contributed by atoms with E-state index in [4.69, 9.17) is 9.47 Å². The third kappa shape index (κ3) is 4.59. The fourth-order valence-electron chi connectivity index (χ4n) is 5.53. The maximum absolute atomic E-state index is 13.4. The number of ether oxygens (including phenoxy) is 2. The number of rotatable bonds is 3. The fourth-order valence-corrected chi connectivity index (χ4v) is 5.97. The van der Waals surface area contributed by atoms with E-state index in [1.807, 2.05) is 18.2 Å². The van der Waals surface area contributed by atoms with Crippen molar-refractivity contribution in [3.8, 4) is 5.75 Å². The van der Waals surface area contributed by atoms with Crippen molar-refractivity contribution in [1.82, 2.24) is 0 Å². The highest BCUT2D eigenvalue weighted by Crippen LogP contribution is 2.53. The Morgan fingerprint density at radius 3 is 1.89 bits per heavy atom. The molecule has 2 aliphatic carbocycles. The molecule has 0 fully saturated rings. The Balaban J connectivity index is 1.52. The Bertz CT molecular complexity index is 1290. The van der Waals surface area contributed by atoms with E-state index in [1.165, 1.54) is 0 Å². The molecule has 3 aliphatic rings. The zero-order valence-corrected chi connectivity index (χ0v) is 22.5. The molecule has 0 saturated carbocycles. The lowest BCUT2D eigenvalue weighted by Crippen LogP contribution is -2.37. The molecule has 1 aliphatic heterocycles. The van der Waals surface area contributed by atoms with Gasteiger partial charge in [-0.2, -0.15) is 0 Å². The Hall–Kier alpha value is -2.99. The molecule has 0 saturated heterocycles. The van der Waals surface area contributed by atoms with Crippen molar-refractivity contribution in [2.45, 2.75) is 59.3 Å². The number of carbonyl (C=O) groups is 3. The van der Waals surface area contributed by atoms with Gasteiger partial charge in [0.05, 0.1) is 5.56 Å². The first-order valence-corrected chi connectivity index (χ1v) is 13.0. The standard InChI is InChI=1S/C30H29BrO5/c1-29(2)13-21(32)26-23(15-29)36-24-16-30(3,4)14-22(33)27(24)25(26)17-9-11-18(12-10-17)35-28(34)19-7-5-6-8-20(19)31/h5-12,25H,13-16H2,1-4H3. The molecule has 186 valence electrons. The Morgan fingerprint density at radius 2 is 1.36 bits per heavy atom. The predicted molar refractivity (Wildman–Crippen MR) is 139 cm³/mol. The minimum Gasteiger partial charge on any atom is -0.465 e. The molecule has 0 amide bonds. The van der Waals surface area contributed by atoms with Crippen molar-refractivity contribution in [2.24, 2.45) is 10.8 Å². The molecule has 0 bridgehead atoms. The minimum atomic E-state index is -0.469. The summed E-state index contributed by atoms with van der Waals surface area (Å²) in [7, 11) is 0. The number of hydrogen-bond acceptors (Lipinski definition) is 5. The molecule has 0 radical (unpaired) electrons. The second-order valence-electron chi connectivity index (χ2n) is 11.5. The summed E-state index contributed by atoms with van der Waals surface area (Å²) in [6.07, 6.45) is 2.13. The highest BCUT2D eigenvalue weighted by Gasteiger charge is 2.47. The summed E-state index contributed by atoms with van der Waals surface area (Å²) in [4.78, 5) is 39.4. The average Bonchev–Trinajstić information content (AvgIpc) is 2.77. The van der Waals surface area contributed by atoms with Crippen LogP contribution in [0.5, 0.6) is 5.75 Å². The molecule has 2 aromatic carbocycles. The van der Waals surface area contributed by atoms with Gasteiger partial charge in [-0.3, -0.25) is 9.59 Å². The molecule has 0 unspecified atom stereocenters. The lowest BCUT2D eigenvalue weighted by molar-refractivity contribution is -0.120. The summed E-state index contributed by atoms with van der Waals surface area (Å²) < 4.78 is 12.6. The van der Waals surface area contributed by atoms with Crippen molar-refractivity contribution in [2.75, 3.05) is 0 Å². The van der Waals surface area contributed by atoms with E-state index in [2.05, 4.69) is 43.6 Å². The number of carbonyl (C=O) groups excluding carboxylic acids is 3. The Kier molecular flexibility index (Phi) is 6.06. The average molecular weight is 549 g/mol. The van der Waals surface area contributed by atoms with Crippen LogP contribution in [0, 0.1) is 10.8 Å². The molecule has 5 nitrogen and oxygen atoms in total. The number of Topliss-reactive ketones (excluding diaryl/α,β-unsaturated/α-hetero) is 2. The number of hydrogen-bond donors (Lipinski definition) is 0. The highest BCUT2D eigenvalue weighted by atomic mass is 79.9. The van der Waals surface area contributed by atoms with Gasteiger partial charge in [-0.15, -0.1) is 0 Å². The predicted octanol–water partition coefficient (Wildman–Crippen LogP) is 7.07. The molecule has 2 aromatic rings. The van der Waals surface area contributed by atoms with Gasteiger partial charge in [0.25, 0.3) is 0 Å². The number of ketones is 2. The molecule has 0 atom stereocenters. The quantitative estimate of drug-likeness (QED) is 0.303. The molecule has 1 heterocycles. The van der Waals surface area contributed by atoms with Crippen LogP contribution < -0.4 is 4.74 Å². The van der Waals surface area contributed by atoms with Crippen LogP contribution in [0.1, 0.15) is 75.2 Å². The summed E-state index contributed by atoms with van der Waals surface area (Å²) in [5.74, 6) is 0.890. The normalized spacial score (nSPS) is 21.0. The first kappa shape index (κ1) is 24.7. The van der Waals surface area contributed by atoms with E-state index in [-0.39, 0.29) is 22.4 Å². The van der Waals surface area contributed by atoms with Gasteiger partial charge < -0.3 is 9.47 Å². The zero-order chi connectivity index (χ0) is 25.8. The maximum atomic E-state index is 13.4. The zero-order valence-electron chi connectivity index (χ0n) is 20.9. The number of halogens is 1. The van der Waals surface area contributed by atoms with E-state index in [1.54, 1.807) is 30.3 Å². The molecular formula is C30H29BrO5. The van der Waals surface area contributed by atoms with Gasteiger partial charge in [0.1, 0.15) is 17.3 Å². The van der Waals surface area contributed by atoms with E-state index in [0.29, 0.717) is 64.1 Å². The van der Waals surface area contributed by atoms with E-state index < -0.39 is 11.9 Å². The van der Waals surface area contributed by atoms with Crippen LogP contribution >= 0.6 is 15.9 Å². The summed E-state index contributed by atoms with van der Waals surface area (Å²) >= 11 is 3.38. The SMILES string of the molecule is CC1(C)CC(=O)C2=C(C1)OC1=C(C(=O)CC(C)(C)C1)C2c1ccc(OC(=O)c2ccccc2Br)cc1. The Morgan fingerprint density at radius 1 is 0.833 bits per heavy atom. The topological polar surface area (TPSA) is 69.7 Å². The summed E-state index contributed by atoms with van der Waals surface area (Å²) in [5, 5.41) is 0. The van der Waals surface area contributed by atoms with Crippen LogP contribution in [-0.4, -0.2) is 17.5 Å². The van der Waals surface area contributed by atoms with E-state index in [0.717, 1.165) is 5.56 Å². The van der Waals surface area contributed by atoms with Gasteiger partial charge in [-0.05, 0) is 56.6 Å². The molecular weight excluding hydrogens is 520 g/mol. The van der Waals surface area contributed by atoms with Gasteiger partial charge in [0, 0.05) is 47.2 Å². The number of allylic oxidation sites excluding steroid dienone is 4. The largest absolute Gasteiger partial charge is 0.465 e. The molecule has 0 N–H and O–H groups in total. The van der Waals surface area contributed by atoms with E-state index in [9.17, 15) is 14.4 Å². The molecule has 0 spiro atoms. The van der Waals surface area contributed by atoms with Crippen LogP contribution in [-0.2, 0) is 14.3 Å². The Labute approximate surface area is 219 Å². The summed E-state index contributed by atoms with van der Waals surface area (Å²) in [6, 6.07) is 14.2.